The van der Waals surface area contributed by atoms with E-state index in [-0.39, 0.29) is 11.6 Å². The van der Waals surface area contributed by atoms with Crippen molar-refractivity contribution in [2.24, 2.45) is 0 Å². The molecule has 0 unspecified atom stereocenters. The number of rotatable bonds is 1. The summed E-state index contributed by atoms with van der Waals surface area (Å²) in [4.78, 5) is 0. The molecule has 0 bridgehead atoms. The van der Waals surface area contributed by atoms with Crippen LogP contribution in [0.15, 0.2) is 42.5 Å². The molecule has 0 aliphatic rings. The van der Waals surface area contributed by atoms with Crippen LogP contribution in [0.3, 0.4) is 0 Å². The largest absolute Gasteiger partial charge is 0.207 e. The van der Waals surface area contributed by atoms with Gasteiger partial charge in [-0.15, -0.1) is 0 Å². The van der Waals surface area contributed by atoms with Gasteiger partial charge >= 0.3 is 0 Å². The molecule has 0 fully saturated rings. The molecular weight excluding hydrogens is 182 g/mol. The Hall–Kier alpha value is -1.70. The highest BCUT2D eigenvalue weighted by Gasteiger charge is 1.98. The van der Waals surface area contributed by atoms with Gasteiger partial charge in [0, 0.05) is 0 Å². The summed E-state index contributed by atoms with van der Waals surface area (Å²) >= 11 is 0. The molecule has 0 saturated heterocycles. The molecule has 69 valence electrons. The van der Waals surface area contributed by atoms with Crippen molar-refractivity contribution in [3.63, 3.8) is 0 Å². The van der Waals surface area contributed by atoms with E-state index in [0.717, 1.165) is 5.56 Å². The molecule has 2 heteroatoms. The zero-order valence-electron chi connectivity index (χ0n) is 7.30. The topological polar surface area (TPSA) is 0 Å². The van der Waals surface area contributed by atoms with E-state index in [1.54, 1.807) is 18.2 Å². The Morgan fingerprint density at radius 1 is 0.786 bits per heavy atom. The van der Waals surface area contributed by atoms with E-state index in [4.69, 9.17) is 0 Å². The maximum absolute atomic E-state index is 12.8. The highest BCUT2D eigenvalue weighted by Crippen LogP contribution is 2.19. The van der Waals surface area contributed by atoms with Crippen LogP contribution in [0.1, 0.15) is 0 Å². The fourth-order valence-corrected chi connectivity index (χ4v) is 1.25. The maximum Gasteiger partial charge on any atom is 0.124 e. The smallest absolute Gasteiger partial charge is 0.124 e. The van der Waals surface area contributed by atoms with Crippen molar-refractivity contribution in [2.45, 2.75) is 0 Å². The summed E-state index contributed by atoms with van der Waals surface area (Å²) in [5, 5.41) is 0. The Bertz CT molecular complexity index is 432. The van der Waals surface area contributed by atoms with Gasteiger partial charge in [-0.05, 0) is 47.5 Å². The lowest BCUT2D eigenvalue weighted by molar-refractivity contribution is 0.627. The normalized spacial score (nSPS) is 10.1. The Kier molecular flexibility index (Phi) is 2.27. The summed E-state index contributed by atoms with van der Waals surface area (Å²) in [7, 11) is 0. The summed E-state index contributed by atoms with van der Waals surface area (Å²) in [6.07, 6.45) is 0. The van der Waals surface area contributed by atoms with Crippen LogP contribution < -0.4 is 0 Å². The molecule has 0 heterocycles. The van der Waals surface area contributed by atoms with Gasteiger partial charge in [0.2, 0.25) is 0 Å². The lowest BCUT2D eigenvalue weighted by atomic mass is 10.1. The first-order chi connectivity index (χ1) is 6.75. The third-order valence-electron chi connectivity index (χ3n) is 1.93. The van der Waals surface area contributed by atoms with Crippen LogP contribution in [0.5, 0.6) is 0 Å². The summed E-state index contributed by atoms with van der Waals surface area (Å²) in [5.41, 5.74) is 1.48. The third kappa shape index (κ3) is 1.79. The van der Waals surface area contributed by atoms with Gasteiger partial charge in [0.25, 0.3) is 0 Å². The summed E-state index contributed by atoms with van der Waals surface area (Å²) in [6, 6.07) is 12.9. The predicted molar refractivity (Wildman–Crippen MR) is 50.6 cm³/mol. The number of hydrogen-bond donors (Lipinski definition) is 0. The number of hydrogen-bond acceptors (Lipinski definition) is 0. The monoisotopic (exact) mass is 189 g/mol. The fraction of sp³-hybridized carbons (Fsp3) is 0. The van der Waals surface area contributed by atoms with Crippen molar-refractivity contribution < 1.29 is 8.78 Å². The molecule has 0 aliphatic carbocycles. The molecule has 0 atom stereocenters. The van der Waals surface area contributed by atoms with E-state index < -0.39 is 0 Å². The second-order valence-electron chi connectivity index (χ2n) is 2.95. The molecule has 0 aromatic heterocycles. The molecule has 14 heavy (non-hydrogen) atoms. The average molecular weight is 189 g/mol. The Balaban J connectivity index is 2.44. The lowest BCUT2D eigenvalue weighted by Gasteiger charge is -2.00. The molecule has 0 saturated carbocycles. The second kappa shape index (κ2) is 3.58. The standard InChI is InChI=1S/C12H7F2/c13-11-6-4-9(5-7-11)10-2-1-3-12(14)8-10/h2-8H. The molecule has 0 N–H and O–H groups in total. The van der Waals surface area contributed by atoms with Gasteiger partial charge in [-0.25, -0.2) is 8.78 Å². The molecular formula is C12H7F2. The van der Waals surface area contributed by atoms with Gasteiger partial charge in [0.1, 0.15) is 11.6 Å². The molecule has 0 spiro atoms. The zero-order chi connectivity index (χ0) is 9.97. The van der Waals surface area contributed by atoms with Gasteiger partial charge in [-0.1, -0.05) is 12.1 Å². The Morgan fingerprint density at radius 3 is 2.14 bits per heavy atom. The minimum Gasteiger partial charge on any atom is -0.207 e. The van der Waals surface area contributed by atoms with Crippen LogP contribution >= 0.6 is 0 Å². The van der Waals surface area contributed by atoms with E-state index in [0.29, 0.717) is 5.56 Å². The summed E-state index contributed by atoms with van der Waals surface area (Å²) < 4.78 is 25.4. The maximum atomic E-state index is 12.8. The van der Waals surface area contributed by atoms with Crippen LogP contribution in [-0.4, -0.2) is 0 Å². The van der Waals surface area contributed by atoms with Crippen LogP contribution in [0.4, 0.5) is 8.78 Å². The van der Waals surface area contributed by atoms with Crippen LogP contribution in [0, 0.1) is 17.7 Å². The van der Waals surface area contributed by atoms with E-state index in [1.807, 2.05) is 0 Å². The van der Waals surface area contributed by atoms with Crippen molar-refractivity contribution in [1.82, 2.24) is 0 Å². The third-order valence-corrected chi connectivity index (χ3v) is 1.93. The van der Waals surface area contributed by atoms with Crippen molar-refractivity contribution >= 4 is 0 Å². The molecule has 0 aliphatic heterocycles. The first kappa shape index (κ1) is 8.88. The van der Waals surface area contributed by atoms with Gasteiger partial charge in [-0.2, -0.15) is 0 Å². The minimum absolute atomic E-state index is 0.297. The molecule has 2 aromatic rings. The zero-order valence-corrected chi connectivity index (χ0v) is 7.30. The minimum atomic E-state index is -0.341. The molecule has 2 aromatic carbocycles. The lowest BCUT2D eigenvalue weighted by Crippen LogP contribution is -1.80. The second-order valence-corrected chi connectivity index (χ2v) is 2.95. The number of halogens is 2. The van der Waals surface area contributed by atoms with Crippen LogP contribution in [-0.2, 0) is 0 Å². The van der Waals surface area contributed by atoms with Crippen molar-refractivity contribution in [3.05, 3.63) is 60.2 Å². The highest BCUT2D eigenvalue weighted by atomic mass is 19.1. The van der Waals surface area contributed by atoms with E-state index in [2.05, 4.69) is 6.07 Å². The van der Waals surface area contributed by atoms with Crippen molar-refractivity contribution in [3.8, 4) is 11.1 Å². The first-order valence-corrected chi connectivity index (χ1v) is 4.18. The van der Waals surface area contributed by atoms with E-state index >= 15 is 0 Å². The van der Waals surface area contributed by atoms with E-state index in [9.17, 15) is 8.78 Å². The van der Waals surface area contributed by atoms with Gasteiger partial charge < -0.3 is 0 Å². The van der Waals surface area contributed by atoms with E-state index in [1.165, 1.54) is 24.3 Å². The predicted octanol–water partition coefficient (Wildman–Crippen LogP) is 3.43. The van der Waals surface area contributed by atoms with Crippen molar-refractivity contribution in [1.29, 1.82) is 0 Å². The quantitative estimate of drug-likeness (QED) is 0.644. The fourth-order valence-electron chi connectivity index (χ4n) is 1.25. The van der Waals surface area contributed by atoms with Gasteiger partial charge in [-0.3, -0.25) is 0 Å². The average Bonchev–Trinajstić information content (AvgIpc) is 2.19. The Labute approximate surface area is 80.8 Å². The van der Waals surface area contributed by atoms with Crippen LogP contribution in [0.2, 0.25) is 0 Å². The van der Waals surface area contributed by atoms with Gasteiger partial charge in [0.05, 0.1) is 0 Å². The Morgan fingerprint density at radius 2 is 1.50 bits per heavy atom. The number of benzene rings is 2. The molecule has 0 nitrogen and oxygen atoms in total. The summed E-state index contributed by atoms with van der Waals surface area (Å²) in [6.45, 7) is 0. The first-order valence-electron chi connectivity index (χ1n) is 4.18. The highest BCUT2D eigenvalue weighted by molar-refractivity contribution is 5.62. The molecule has 0 amide bonds. The summed E-state index contributed by atoms with van der Waals surface area (Å²) in [5.74, 6) is -0.638. The van der Waals surface area contributed by atoms with Crippen LogP contribution in [0.25, 0.3) is 11.1 Å². The molecule has 2 rings (SSSR count). The van der Waals surface area contributed by atoms with Gasteiger partial charge in [0.15, 0.2) is 0 Å². The van der Waals surface area contributed by atoms with Crippen molar-refractivity contribution in [2.75, 3.05) is 0 Å². The SMILES string of the molecule is Fc1ccc(-c2c[c]cc(F)c2)cc1. The molecule has 1 radical (unpaired) electrons.